The first-order chi connectivity index (χ1) is 18.6. The maximum absolute atomic E-state index is 13.6. The third-order valence-corrected chi connectivity index (χ3v) is 6.57. The van der Waals surface area contributed by atoms with Gasteiger partial charge in [0.2, 0.25) is 11.8 Å². The van der Waals surface area contributed by atoms with Crippen LogP contribution in [0.15, 0.2) is 103 Å². The van der Waals surface area contributed by atoms with Gasteiger partial charge in [0.25, 0.3) is 0 Å². The number of nitrogens with zero attached hydrogens (tertiary/aromatic N) is 1. The molecule has 2 amide bonds. The van der Waals surface area contributed by atoms with Crippen LogP contribution >= 0.6 is 0 Å². The molecule has 1 aliphatic rings. The molecule has 7 nitrogen and oxygen atoms in total. The molecule has 1 saturated heterocycles. The first-order valence-electron chi connectivity index (χ1n) is 12.3. The molecular weight excluding hydrogens is 480 g/mol. The fourth-order valence-electron chi connectivity index (χ4n) is 4.67. The Labute approximate surface area is 221 Å². The highest BCUT2D eigenvalue weighted by atomic mass is 16.5. The van der Waals surface area contributed by atoms with Gasteiger partial charge in [-0.1, -0.05) is 30.3 Å². The minimum Gasteiger partial charge on any atom is -0.497 e. The van der Waals surface area contributed by atoms with Crippen molar-refractivity contribution in [2.45, 2.75) is 12.5 Å². The molecule has 4 aromatic rings. The van der Waals surface area contributed by atoms with Gasteiger partial charge in [-0.05, 0) is 78.4 Å². The molecule has 192 valence electrons. The second-order valence-electron chi connectivity index (χ2n) is 8.92. The molecule has 5 rings (SSSR count). The summed E-state index contributed by atoms with van der Waals surface area (Å²) < 4.78 is 16.4. The number of nitrogens with one attached hydrogen (secondary N) is 1. The molecule has 0 aliphatic carbocycles. The van der Waals surface area contributed by atoms with E-state index < -0.39 is 12.0 Å². The summed E-state index contributed by atoms with van der Waals surface area (Å²) >= 11 is 0. The maximum atomic E-state index is 13.6. The SMILES string of the molecule is COc1ccc([C@@H]2[C@@H](C(=O)Nc3ccc(Oc4ccccc4)cc3)CC(=O)N2c2ccc(OC)cc2)cc1. The van der Waals surface area contributed by atoms with Crippen molar-refractivity contribution in [1.82, 2.24) is 0 Å². The molecule has 0 saturated carbocycles. The van der Waals surface area contributed by atoms with E-state index in [1.165, 1.54) is 0 Å². The molecular formula is C31H28N2O5. The Hall–Kier alpha value is -4.78. The van der Waals surface area contributed by atoms with Crippen molar-refractivity contribution in [2.24, 2.45) is 5.92 Å². The Kier molecular flexibility index (Phi) is 7.26. The fraction of sp³-hybridized carbons (Fsp3) is 0.161. The summed E-state index contributed by atoms with van der Waals surface area (Å²) in [5, 5.41) is 2.99. The van der Waals surface area contributed by atoms with Gasteiger partial charge >= 0.3 is 0 Å². The van der Waals surface area contributed by atoms with Crippen LogP contribution in [0, 0.1) is 5.92 Å². The molecule has 1 aliphatic heterocycles. The quantitative estimate of drug-likeness (QED) is 0.305. The van der Waals surface area contributed by atoms with E-state index in [9.17, 15) is 9.59 Å². The number of ether oxygens (including phenoxy) is 3. The van der Waals surface area contributed by atoms with Crippen LogP contribution in [-0.4, -0.2) is 26.0 Å². The number of methoxy groups -OCH3 is 2. The summed E-state index contributed by atoms with van der Waals surface area (Å²) in [5.41, 5.74) is 2.17. The molecule has 0 radical (unpaired) electrons. The number of hydrogen-bond donors (Lipinski definition) is 1. The van der Waals surface area contributed by atoms with E-state index in [0.717, 1.165) is 11.3 Å². The largest absolute Gasteiger partial charge is 0.497 e. The van der Waals surface area contributed by atoms with Gasteiger partial charge in [-0.25, -0.2) is 0 Å². The highest BCUT2D eigenvalue weighted by Crippen LogP contribution is 2.42. The molecule has 2 atom stereocenters. The van der Waals surface area contributed by atoms with E-state index in [-0.39, 0.29) is 18.2 Å². The summed E-state index contributed by atoms with van der Waals surface area (Å²) in [4.78, 5) is 28.5. The van der Waals surface area contributed by atoms with E-state index in [1.807, 2.05) is 66.7 Å². The van der Waals surface area contributed by atoms with E-state index in [1.54, 1.807) is 55.5 Å². The lowest BCUT2D eigenvalue weighted by Crippen LogP contribution is -2.32. The van der Waals surface area contributed by atoms with Crippen LogP contribution in [0.1, 0.15) is 18.0 Å². The van der Waals surface area contributed by atoms with Crippen LogP contribution in [0.3, 0.4) is 0 Å². The van der Waals surface area contributed by atoms with Crippen LogP contribution in [0.25, 0.3) is 0 Å². The molecule has 0 spiro atoms. The van der Waals surface area contributed by atoms with E-state index >= 15 is 0 Å². The van der Waals surface area contributed by atoms with Gasteiger partial charge in [-0.3, -0.25) is 9.59 Å². The number of benzene rings is 4. The normalized spacial score (nSPS) is 16.7. The van der Waals surface area contributed by atoms with Gasteiger partial charge in [-0.15, -0.1) is 0 Å². The second-order valence-corrected chi connectivity index (χ2v) is 8.92. The first-order valence-corrected chi connectivity index (χ1v) is 12.3. The molecule has 4 aromatic carbocycles. The van der Waals surface area contributed by atoms with E-state index in [4.69, 9.17) is 14.2 Å². The smallest absolute Gasteiger partial charge is 0.230 e. The zero-order valence-corrected chi connectivity index (χ0v) is 21.2. The summed E-state index contributed by atoms with van der Waals surface area (Å²) in [6, 6.07) is 30.9. The second kappa shape index (κ2) is 11.1. The molecule has 1 N–H and O–H groups in total. The standard InChI is InChI=1S/C31H28N2O5/c1-36-24-14-8-21(9-15-24)30-28(20-29(34)33(30)23-12-18-25(37-2)19-13-23)31(35)32-22-10-16-27(17-11-22)38-26-6-4-3-5-7-26/h3-19,28,30H,20H2,1-2H3,(H,32,35)/t28-,30+/m0/s1. The number of amides is 2. The van der Waals surface area contributed by atoms with Gasteiger partial charge in [0.05, 0.1) is 26.2 Å². The number of anilines is 2. The van der Waals surface area contributed by atoms with Crippen LogP contribution in [-0.2, 0) is 9.59 Å². The average Bonchev–Trinajstić information content (AvgIpc) is 3.31. The van der Waals surface area contributed by atoms with Crippen molar-refractivity contribution in [2.75, 3.05) is 24.4 Å². The number of para-hydroxylation sites is 1. The van der Waals surface area contributed by atoms with Gasteiger partial charge in [-0.2, -0.15) is 0 Å². The lowest BCUT2D eigenvalue weighted by atomic mass is 9.92. The fourth-order valence-corrected chi connectivity index (χ4v) is 4.67. The molecule has 0 aromatic heterocycles. The predicted molar refractivity (Wildman–Crippen MR) is 146 cm³/mol. The molecule has 38 heavy (non-hydrogen) atoms. The van der Waals surface area contributed by atoms with Crippen LogP contribution in [0.5, 0.6) is 23.0 Å². The summed E-state index contributed by atoms with van der Waals surface area (Å²) in [6.45, 7) is 0. The third kappa shape index (κ3) is 5.32. The van der Waals surface area contributed by atoms with Crippen LogP contribution < -0.4 is 24.4 Å². The van der Waals surface area contributed by atoms with Crippen LogP contribution in [0.2, 0.25) is 0 Å². The Balaban J connectivity index is 1.39. The highest BCUT2D eigenvalue weighted by Gasteiger charge is 2.45. The molecule has 1 fully saturated rings. The predicted octanol–water partition coefficient (Wildman–Crippen LogP) is 6.23. The monoisotopic (exact) mass is 508 g/mol. The van der Waals surface area contributed by atoms with Crippen molar-refractivity contribution in [1.29, 1.82) is 0 Å². The molecule has 0 unspecified atom stereocenters. The Morgan fingerprint density at radius 1 is 0.737 bits per heavy atom. The minimum atomic E-state index is -0.599. The zero-order chi connectivity index (χ0) is 26.5. The molecule has 1 heterocycles. The van der Waals surface area contributed by atoms with Gasteiger partial charge in [0.15, 0.2) is 0 Å². The van der Waals surface area contributed by atoms with Crippen molar-refractivity contribution in [3.63, 3.8) is 0 Å². The Bertz CT molecular complexity index is 1390. The summed E-state index contributed by atoms with van der Waals surface area (Å²) in [6.07, 6.45) is 0.0871. The highest BCUT2D eigenvalue weighted by molar-refractivity contribution is 6.04. The van der Waals surface area contributed by atoms with Crippen LogP contribution in [0.4, 0.5) is 11.4 Å². The molecule has 7 heteroatoms. The van der Waals surface area contributed by atoms with E-state index in [0.29, 0.717) is 28.6 Å². The van der Waals surface area contributed by atoms with Gasteiger partial charge in [0, 0.05) is 17.8 Å². The number of carbonyl (C=O) groups excluding carboxylic acids is 2. The summed E-state index contributed by atoms with van der Waals surface area (Å²) in [5.74, 6) is 1.83. The van der Waals surface area contributed by atoms with E-state index in [2.05, 4.69) is 5.32 Å². The van der Waals surface area contributed by atoms with Gasteiger partial charge in [0.1, 0.15) is 23.0 Å². The zero-order valence-electron chi connectivity index (χ0n) is 21.2. The number of rotatable bonds is 8. The third-order valence-electron chi connectivity index (χ3n) is 6.57. The number of carbonyl (C=O) groups is 2. The molecule has 0 bridgehead atoms. The topological polar surface area (TPSA) is 77.1 Å². The van der Waals surface area contributed by atoms with Crippen molar-refractivity contribution >= 4 is 23.2 Å². The minimum absolute atomic E-state index is 0.0871. The van der Waals surface area contributed by atoms with Crippen molar-refractivity contribution < 1.29 is 23.8 Å². The average molecular weight is 509 g/mol. The lowest BCUT2D eigenvalue weighted by Gasteiger charge is -2.28. The summed E-state index contributed by atoms with van der Waals surface area (Å²) in [7, 11) is 3.20. The maximum Gasteiger partial charge on any atom is 0.230 e. The Morgan fingerprint density at radius 3 is 1.89 bits per heavy atom. The van der Waals surface area contributed by atoms with Crippen molar-refractivity contribution in [3.05, 3.63) is 109 Å². The van der Waals surface area contributed by atoms with Gasteiger partial charge < -0.3 is 24.4 Å². The van der Waals surface area contributed by atoms with Crippen molar-refractivity contribution in [3.8, 4) is 23.0 Å². The number of hydrogen-bond acceptors (Lipinski definition) is 5. The first kappa shape index (κ1) is 24.9. The lowest BCUT2D eigenvalue weighted by molar-refractivity contribution is -0.122. The Morgan fingerprint density at radius 2 is 1.29 bits per heavy atom.